The van der Waals surface area contributed by atoms with Gasteiger partial charge in [0, 0.05) is 24.2 Å². The second-order valence-corrected chi connectivity index (χ2v) is 8.84. The number of likely N-dealkylation sites (N-methyl/N-ethyl adjacent to an activating group) is 1. The van der Waals surface area contributed by atoms with Gasteiger partial charge in [-0.15, -0.1) is 0 Å². The minimum atomic E-state index is -0.283. The van der Waals surface area contributed by atoms with Crippen LogP contribution in [-0.2, 0) is 14.9 Å². The molecule has 3 rings (SSSR count). The molecule has 0 spiro atoms. The fourth-order valence-electron chi connectivity index (χ4n) is 4.43. The van der Waals surface area contributed by atoms with Gasteiger partial charge in [0.05, 0.1) is 33.3 Å². The molecule has 2 aromatic carbocycles. The normalized spacial score (nSPS) is 22.2. The minimum absolute atomic E-state index is 0.130. The Bertz CT molecular complexity index is 752. The van der Waals surface area contributed by atoms with E-state index in [1.807, 2.05) is 18.2 Å². The highest BCUT2D eigenvalue weighted by molar-refractivity contribution is 5.82. The van der Waals surface area contributed by atoms with E-state index < -0.39 is 0 Å². The van der Waals surface area contributed by atoms with Crippen LogP contribution in [0, 0.1) is 5.92 Å². The Kier molecular flexibility index (Phi) is 7.05. The summed E-state index contributed by atoms with van der Waals surface area (Å²) in [4.78, 5) is 12.8. The topological polar surface area (TPSA) is 26.3 Å². The van der Waals surface area contributed by atoms with E-state index in [4.69, 9.17) is 4.74 Å². The quantitative estimate of drug-likeness (QED) is 0.460. The summed E-state index contributed by atoms with van der Waals surface area (Å²) in [5.74, 6) is 0.379. The van der Waals surface area contributed by atoms with Crippen molar-refractivity contribution in [3.8, 4) is 0 Å². The molecule has 3 nitrogen and oxygen atoms in total. The van der Waals surface area contributed by atoms with Gasteiger partial charge in [-0.2, -0.15) is 0 Å². The van der Waals surface area contributed by atoms with Crippen LogP contribution < -0.4 is 0 Å². The van der Waals surface area contributed by atoms with Gasteiger partial charge in [-0.05, 0) is 24.1 Å². The number of likely N-dealkylation sites (tertiary alicyclic amines) is 1. The number of rotatable bonds is 9. The SMILES string of the molecule is C=CC[N+]1(C)CCC(C(=O)COCC(C)(c2ccccc2)c2ccccc2)CC1. The van der Waals surface area contributed by atoms with Crippen LogP contribution in [0.3, 0.4) is 0 Å². The summed E-state index contributed by atoms with van der Waals surface area (Å²) >= 11 is 0. The Morgan fingerprint density at radius 1 is 1.07 bits per heavy atom. The maximum Gasteiger partial charge on any atom is 0.161 e. The smallest absolute Gasteiger partial charge is 0.161 e. The molecule has 154 valence electrons. The minimum Gasteiger partial charge on any atom is -0.372 e. The zero-order valence-corrected chi connectivity index (χ0v) is 17.8. The average molecular weight is 393 g/mol. The number of benzene rings is 2. The van der Waals surface area contributed by atoms with Gasteiger partial charge in [-0.3, -0.25) is 4.79 Å². The van der Waals surface area contributed by atoms with Gasteiger partial charge in [-0.1, -0.05) is 67.2 Å². The Morgan fingerprint density at radius 3 is 2.07 bits per heavy atom. The van der Waals surface area contributed by atoms with Crippen molar-refractivity contribution in [3.05, 3.63) is 84.4 Å². The highest BCUT2D eigenvalue weighted by Crippen LogP contribution is 2.32. The first-order chi connectivity index (χ1) is 14.0. The van der Waals surface area contributed by atoms with Gasteiger partial charge in [-0.25, -0.2) is 0 Å². The molecular formula is C26H34NO2+. The second kappa shape index (κ2) is 9.51. The predicted octanol–water partition coefficient (Wildman–Crippen LogP) is 4.62. The van der Waals surface area contributed by atoms with Crippen LogP contribution in [0.2, 0.25) is 0 Å². The summed E-state index contributed by atoms with van der Waals surface area (Å²) in [6.07, 6.45) is 3.88. The van der Waals surface area contributed by atoms with Crippen LogP contribution in [0.1, 0.15) is 30.9 Å². The molecule has 1 saturated heterocycles. The number of quaternary nitrogens is 1. The molecule has 1 aliphatic rings. The maximum atomic E-state index is 12.8. The van der Waals surface area contributed by atoms with Crippen molar-refractivity contribution in [1.29, 1.82) is 0 Å². The number of ether oxygens (including phenoxy) is 1. The second-order valence-electron chi connectivity index (χ2n) is 8.84. The lowest BCUT2D eigenvalue weighted by Gasteiger charge is -2.39. The Morgan fingerprint density at radius 2 is 1.59 bits per heavy atom. The third-order valence-corrected chi connectivity index (χ3v) is 6.52. The fraction of sp³-hybridized carbons (Fsp3) is 0.423. The van der Waals surface area contributed by atoms with Crippen molar-refractivity contribution < 1.29 is 14.0 Å². The van der Waals surface area contributed by atoms with Crippen molar-refractivity contribution in [1.82, 2.24) is 0 Å². The molecule has 3 heteroatoms. The summed E-state index contributed by atoms with van der Waals surface area (Å²) in [6.45, 7) is 9.80. The fourth-order valence-corrected chi connectivity index (χ4v) is 4.43. The highest BCUT2D eigenvalue weighted by Gasteiger charge is 2.33. The average Bonchev–Trinajstić information content (AvgIpc) is 2.75. The van der Waals surface area contributed by atoms with Crippen LogP contribution in [0.5, 0.6) is 0 Å². The third kappa shape index (κ3) is 5.23. The maximum absolute atomic E-state index is 12.8. The van der Waals surface area contributed by atoms with Crippen LogP contribution in [0.4, 0.5) is 0 Å². The number of piperidine rings is 1. The molecule has 29 heavy (non-hydrogen) atoms. The molecule has 1 heterocycles. The van der Waals surface area contributed by atoms with Crippen molar-refractivity contribution in [2.24, 2.45) is 5.92 Å². The summed E-state index contributed by atoms with van der Waals surface area (Å²) in [6, 6.07) is 20.8. The van der Waals surface area contributed by atoms with E-state index in [1.54, 1.807) is 0 Å². The van der Waals surface area contributed by atoms with Crippen molar-refractivity contribution in [3.63, 3.8) is 0 Å². The molecular weight excluding hydrogens is 358 g/mol. The molecule has 0 saturated carbocycles. The molecule has 0 N–H and O–H groups in total. The number of nitrogens with zero attached hydrogens (tertiary/aromatic N) is 1. The van der Waals surface area contributed by atoms with Gasteiger partial charge in [0.1, 0.15) is 6.61 Å². The molecule has 1 aliphatic heterocycles. The molecule has 2 aromatic rings. The van der Waals surface area contributed by atoms with Gasteiger partial charge in [0.2, 0.25) is 0 Å². The summed E-state index contributed by atoms with van der Waals surface area (Å²) in [5.41, 5.74) is 2.12. The molecule has 0 bridgehead atoms. The Balaban J connectivity index is 1.61. The van der Waals surface area contributed by atoms with Crippen molar-refractivity contribution >= 4 is 5.78 Å². The molecule has 0 atom stereocenters. The zero-order valence-electron chi connectivity index (χ0n) is 17.8. The zero-order chi connectivity index (χ0) is 20.7. The van der Waals surface area contributed by atoms with Crippen molar-refractivity contribution in [2.45, 2.75) is 25.2 Å². The highest BCUT2D eigenvalue weighted by atomic mass is 16.5. The molecule has 1 fully saturated rings. The van der Waals surface area contributed by atoms with E-state index >= 15 is 0 Å². The van der Waals surface area contributed by atoms with E-state index in [0.29, 0.717) is 6.61 Å². The van der Waals surface area contributed by atoms with E-state index in [1.165, 1.54) is 11.1 Å². The van der Waals surface area contributed by atoms with Crippen LogP contribution >= 0.6 is 0 Å². The number of Topliss-reactive ketones (excluding diaryl/α,β-unsaturated/α-hetero) is 1. The standard InChI is InChI=1S/C26H34NO2/c1-4-17-27(3)18-15-22(16-19-27)25(28)20-29-21-26(2,23-11-7-5-8-12-23)24-13-9-6-10-14-24/h4-14,22H,1,15-21H2,2-3H3/q+1. The van der Waals surface area contributed by atoms with E-state index in [9.17, 15) is 4.79 Å². The van der Waals surface area contributed by atoms with Crippen molar-refractivity contribution in [2.75, 3.05) is 39.9 Å². The first-order valence-electron chi connectivity index (χ1n) is 10.6. The predicted molar refractivity (Wildman–Crippen MR) is 119 cm³/mol. The third-order valence-electron chi connectivity index (χ3n) is 6.52. The largest absolute Gasteiger partial charge is 0.372 e. The summed E-state index contributed by atoms with van der Waals surface area (Å²) in [5, 5.41) is 0. The van der Waals surface area contributed by atoms with E-state index in [2.05, 4.69) is 69.1 Å². The number of carbonyl (C=O) groups excluding carboxylic acids is 1. The van der Waals surface area contributed by atoms with Gasteiger partial charge >= 0.3 is 0 Å². The van der Waals surface area contributed by atoms with Crippen LogP contribution in [0.25, 0.3) is 0 Å². The molecule has 0 unspecified atom stereocenters. The van der Waals surface area contributed by atoms with Crippen LogP contribution in [0.15, 0.2) is 73.3 Å². The lowest BCUT2D eigenvalue weighted by Crippen LogP contribution is -2.51. The van der Waals surface area contributed by atoms with E-state index in [-0.39, 0.29) is 23.7 Å². The van der Waals surface area contributed by atoms with Gasteiger partial charge in [0.15, 0.2) is 5.78 Å². The first kappa shape index (κ1) is 21.5. The summed E-state index contributed by atoms with van der Waals surface area (Å²) < 4.78 is 7.05. The van der Waals surface area contributed by atoms with Crippen LogP contribution in [-0.4, -0.2) is 50.2 Å². The Labute approximate surface area is 175 Å². The van der Waals surface area contributed by atoms with E-state index in [0.717, 1.165) is 37.0 Å². The number of hydrogen-bond donors (Lipinski definition) is 0. The molecule has 0 amide bonds. The number of carbonyl (C=O) groups is 1. The molecule has 0 radical (unpaired) electrons. The van der Waals surface area contributed by atoms with Gasteiger partial charge < -0.3 is 9.22 Å². The Hall–Kier alpha value is -2.23. The van der Waals surface area contributed by atoms with Gasteiger partial charge in [0.25, 0.3) is 0 Å². The first-order valence-corrected chi connectivity index (χ1v) is 10.6. The number of hydrogen-bond acceptors (Lipinski definition) is 2. The monoisotopic (exact) mass is 392 g/mol. The lowest BCUT2D eigenvalue weighted by molar-refractivity contribution is -0.909. The molecule has 0 aromatic heterocycles. The number of ketones is 1. The lowest BCUT2D eigenvalue weighted by atomic mass is 9.77. The summed E-state index contributed by atoms with van der Waals surface area (Å²) in [7, 11) is 2.25. The molecule has 0 aliphatic carbocycles.